The Labute approximate surface area is 643 Å². The fourth-order valence-corrected chi connectivity index (χ4v) is 16.0. The number of amides is 4. The largest absolute Gasteiger partial charge is 0.444 e. The number of ether oxygens (including phenoxy) is 6. The summed E-state index contributed by atoms with van der Waals surface area (Å²) in [5.41, 5.74) is 0.144. The van der Waals surface area contributed by atoms with Crippen LogP contribution in [0.3, 0.4) is 0 Å². The quantitative estimate of drug-likeness (QED) is 0.178. The molecule has 4 aliphatic heterocycles. The Balaban J connectivity index is 0.000000395. The van der Waals surface area contributed by atoms with Crippen molar-refractivity contribution in [3.63, 3.8) is 0 Å². The molecule has 4 amide bonds. The second-order valence-corrected chi connectivity index (χ2v) is 38.7. The molecule has 14 heteroatoms. The van der Waals surface area contributed by atoms with Gasteiger partial charge in [-0.15, -0.1) is 0 Å². The molecule has 14 nitrogen and oxygen atoms in total. The molecule has 0 aromatic rings. The highest BCUT2D eigenvalue weighted by atomic mass is 16.8. The lowest BCUT2D eigenvalue weighted by Crippen LogP contribution is -2.46. The predicted octanol–water partition coefficient (Wildman–Crippen LogP) is 22.1. The summed E-state index contributed by atoms with van der Waals surface area (Å²) >= 11 is 0. The van der Waals surface area contributed by atoms with Crippen molar-refractivity contribution < 1.29 is 47.6 Å². The van der Waals surface area contributed by atoms with E-state index in [1.54, 1.807) is 20.8 Å². The molecule has 0 aromatic heterocycles. The topological polar surface area (TPSA) is 145 Å². The Morgan fingerprint density at radius 2 is 0.692 bits per heavy atom. The molecule has 0 bridgehead atoms. The normalized spacial score (nSPS) is 30.2. The Hall–Kier alpha value is -2.52. The number of hydrogen-bond acceptors (Lipinski definition) is 10. The van der Waals surface area contributed by atoms with Crippen LogP contribution >= 0.6 is 0 Å². The van der Waals surface area contributed by atoms with Gasteiger partial charge in [0.2, 0.25) is 17.7 Å². The zero-order valence-electron chi connectivity index (χ0n) is 72.9. The lowest BCUT2D eigenvalue weighted by molar-refractivity contribution is -0.154. The first-order valence-corrected chi connectivity index (χ1v) is 42.8. The molecule has 12 aliphatic rings. The minimum atomic E-state index is -0.336. The number of fused-ring (bicyclic) bond motifs is 2. The molecule has 8 aliphatic carbocycles. The maximum Gasteiger partial charge on any atom is 0.407 e. The molecule has 0 spiro atoms. The van der Waals surface area contributed by atoms with Gasteiger partial charge in [-0.05, 0) is 224 Å². The van der Waals surface area contributed by atoms with E-state index in [0.717, 1.165) is 133 Å². The smallest absolute Gasteiger partial charge is 0.407 e. The molecule has 0 aromatic carbocycles. The molecule has 1 N–H and O–H groups in total. The van der Waals surface area contributed by atoms with E-state index in [1.807, 2.05) is 49.7 Å². The third kappa shape index (κ3) is 35.2. The number of nitrogens with zero attached hydrogens (tertiary/aromatic N) is 3. The highest BCUT2D eigenvalue weighted by Crippen LogP contribution is 2.44. The summed E-state index contributed by atoms with van der Waals surface area (Å²) < 4.78 is 33.6. The van der Waals surface area contributed by atoms with Crippen LogP contribution in [0.5, 0.6) is 0 Å². The number of carbonyl (C=O) groups is 4. The van der Waals surface area contributed by atoms with E-state index in [0.29, 0.717) is 55.0 Å². The first kappa shape index (κ1) is 97.6. The monoisotopic (exact) mass is 1470 g/mol. The minimum absolute atomic E-state index is 0. The van der Waals surface area contributed by atoms with Crippen molar-refractivity contribution in [3.8, 4) is 0 Å². The molecule has 12 rings (SSSR count). The van der Waals surface area contributed by atoms with Crippen LogP contribution in [-0.4, -0.2) is 146 Å². The summed E-state index contributed by atoms with van der Waals surface area (Å²) in [7, 11) is 5.72. The lowest BCUT2D eigenvalue weighted by atomic mass is 9.73. The number of rotatable bonds is 14. The maximum absolute atomic E-state index is 11.0. The van der Waals surface area contributed by atoms with Gasteiger partial charge in [0, 0.05) is 60.0 Å². The molecule has 104 heavy (non-hydrogen) atoms. The summed E-state index contributed by atoms with van der Waals surface area (Å²) in [6, 6.07) is 1.57. The highest BCUT2D eigenvalue weighted by Gasteiger charge is 2.48. The van der Waals surface area contributed by atoms with Gasteiger partial charge < -0.3 is 48.4 Å². The Bertz CT molecular complexity index is 2140. The first-order chi connectivity index (χ1) is 47.9. The van der Waals surface area contributed by atoms with Crippen LogP contribution in [0.2, 0.25) is 0 Å². The Morgan fingerprint density at radius 1 is 0.413 bits per heavy atom. The average molecular weight is 1470 g/mol. The summed E-state index contributed by atoms with van der Waals surface area (Å²) in [5.74, 6) is 16.6. The fraction of sp³-hybridized carbons (Fsp3) is 0.956. The van der Waals surface area contributed by atoms with E-state index < -0.39 is 0 Å². The van der Waals surface area contributed by atoms with Crippen molar-refractivity contribution in [1.29, 1.82) is 0 Å². The van der Waals surface area contributed by atoms with Gasteiger partial charge in [-0.25, -0.2) is 4.79 Å². The van der Waals surface area contributed by atoms with E-state index in [2.05, 4.69) is 158 Å². The van der Waals surface area contributed by atoms with Crippen molar-refractivity contribution in [1.82, 2.24) is 20.0 Å². The molecule has 7 atom stereocenters. The van der Waals surface area contributed by atoms with Gasteiger partial charge in [0.15, 0.2) is 5.79 Å². The predicted molar refractivity (Wildman–Crippen MR) is 436 cm³/mol. The second kappa shape index (κ2) is 47.6. The summed E-state index contributed by atoms with van der Waals surface area (Å²) in [6.07, 6.45) is 30.3. The average Bonchev–Trinajstić information content (AvgIpc) is 1.59. The van der Waals surface area contributed by atoms with Crippen molar-refractivity contribution in [2.45, 2.75) is 396 Å². The van der Waals surface area contributed by atoms with Crippen LogP contribution in [0, 0.1) is 112 Å². The Morgan fingerprint density at radius 3 is 0.894 bits per heavy atom. The lowest BCUT2D eigenvalue weighted by Gasteiger charge is -2.42. The van der Waals surface area contributed by atoms with Gasteiger partial charge in [0.25, 0.3) is 0 Å². The molecule has 614 valence electrons. The van der Waals surface area contributed by atoms with Crippen LogP contribution in [0.25, 0.3) is 0 Å². The van der Waals surface area contributed by atoms with Crippen molar-refractivity contribution in [3.05, 3.63) is 0 Å². The maximum atomic E-state index is 11.0. The van der Waals surface area contributed by atoms with Crippen LogP contribution in [0.15, 0.2) is 0 Å². The van der Waals surface area contributed by atoms with Crippen LogP contribution in [-0.2, 0) is 42.8 Å². The van der Waals surface area contributed by atoms with E-state index in [9.17, 15) is 19.2 Å². The molecule has 12 fully saturated rings. The minimum Gasteiger partial charge on any atom is -0.444 e. The SMILES string of the molecule is C.CC(=O)N(C)C1CC(C(C)C)C1.CC(=O)N(C)C1CC(C(C)C)C1.CC(=O)N(C)C1CC(C(C)C)C1.CC(C)C1CC2OCCOC2C1.CC(C)C1CCC(C)(C)OC1.CC(C)C1CCC1.CC(C)C1CCC1.CC(C)C1CCC1.CC(C)C1C[C@@H]2OC(C)(C)O[C@@H]2C1.CC(C)CC1CNC(=O)O1. The van der Waals surface area contributed by atoms with Crippen LogP contribution < -0.4 is 5.32 Å². The third-order valence-electron chi connectivity index (χ3n) is 26.4. The van der Waals surface area contributed by atoms with Gasteiger partial charge in [-0.3, -0.25) is 14.4 Å². The number of cyclic esters (lactones) is 1. The summed E-state index contributed by atoms with van der Waals surface area (Å²) in [5, 5.41) is 2.61. The van der Waals surface area contributed by atoms with Crippen LogP contribution in [0.1, 0.15) is 336 Å². The second-order valence-electron chi connectivity index (χ2n) is 38.7. The molecular formula is C90H174N4O10. The number of hydrogen-bond donors (Lipinski definition) is 1. The Kier molecular flexibility index (Phi) is 44.7. The molecule has 5 unspecified atom stereocenters. The summed E-state index contributed by atoms with van der Waals surface area (Å²) in [6.45, 7) is 62.0. The zero-order valence-corrected chi connectivity index (χ0v) is 72.9. The molecule has 8 saturated carbocycles. The molecular weight excluding hydrogens is 1300 g/mol. The van der Waals surface area contributed by atoms with Gasteiger partial charge in [-0.1, -0.05) is 204 Å². The molecule has 0 radical (unpaired) electrons. The van der Waals surface area contributed by atoms with E-state index in [-0.39, 0.29) is 48.7 Å². The van der Waals surface area contributed by atoms with Gasteiger partial charge in [0.05, 0.1) is 56.4 Å². The van der Waals surface area contributed by atoms with E-state index in [1.165, 1.54) is 135 Å². The number of carbonyl (C=O) groups excluding carboxylic acids is 4. The summed E-state index contributed by atoms with van der Waals surface area (Å²) in [4.78, 5) is 49.1. The van der Waals surface area contributed by atoms with Gasteiger partial charge in [-0.2, -0.15) is 0 Å². The van der Waals surface area contributed by atoms with Crippen molar-refractivity contribution >= 4 is 23.8 Å². The third-order valence-corrected chi connectivity index (χ3v) is 26.4. The zero-order chi connectivity index (χ0) is 78.0. The van der Waals surface area contributed by atoms with Crippen molar-refractivity contribution in [2.24, 2.45) is 112 Å². The fourth-order valence-electron chi connectivity index (χ4n) is 16.0. The molecule has 4 saturated heterocycles. The van der Waals surface area contributed by atoms with Crippen LogP contribution in [0.4, 0.5) is 4.79 Å². The first-order valence-electron chi connectivity index (χ1n) is 42.8. The van der Waals surface area contributed by atoms with E-state index in [4.69, 9.17) is 28.4 Å². The molecule has 4 heterocycles. The van der Waals surface area contributed by atoms with Gasteiger partial charge in [0.1, 0.15) is 6.10 Å². The number of nitrogens with one attached hydrogen (secondary N) is 1. The standard InChI is InChI=1S/C11H20O2.3C10H19NO.C10H18O2.C10H20O.C7H13NO2.3C7H14.CH4/c1-7(2)8-5-9-10(6-8)13-11(3,4)12-9;3*1-7(2)9-5-10(6-9)11(4)8(3)12;1-7(2)8-5-9-10(6-8)12-4-3-11-9;1-8(2)9-5-6-10(3,4)11-7-9;1-5(2)3-6-4-8-7(9)10-6;3*1-6(2)7-4-3-5-7;/h7-10H,5-6H2,1-4H3;3*7,9-10H,5-6H2,1-4H3;7-10H,3-6H2,1-2H3;8-9H,5-7H2,1-4H3;5-6H,3-4H2,1-2H3,(H,8,9);3*6-7H,3-5H2,1-2H3;1H4/t8?,9-,10+;;;;;;;;;;. The number of alkyl carbamates (subject to hydrolysis) is 1. The van der Waals surface area contributed by atoms with Crippen molar-refractivity contribution in [2.75, 3.05) is 47.5 Å². The van der Waals surface area contributed by atoms with E-state index >= 15 is 0 Å². The highest BCUT2D eigenvalue weighted by molar-refractivity contribution is 5.74. The van der Waals surface area contributed by atoms with Gasteiger partial charge >= 0.3 is 6.09 Å².